The third-order valence-corrected chi connectivity index (χ3v) is 2.15. The second-order valence-electron chi connectivity index (χ2n) is 3.04. The number of hydrogen-bond donors (Lipinski definition) is 3. The van der Waals surface area contributed by atoms with Crippen LogP contribution < -0.4 is 16.8 Å². The fourth-order valence-electron chi connectivity index (χ4n) is 1.31. The van der Waals surface area contributed by atoms with E-state index in [4.69, 9.17) is 23.7 Å². The van der Waals surface area contributed by atoms with Crippen LogP contribution in [0.1, 0.15) is 18.1 Å². The molecule has 14 heavy (non-hydrogen) atoms. The molecule has 0 bridgehead atoms. The predicted molar refractivity (Wildman–Crippen MR) is 64.1 cm³/mol. The van der Waals surface area contributed by atoms with Gasteiger partial charge in [0.15, 0.2) is 5.11 Å². The van der Waals surface area contributed by atoms with Crippen molar-refractivity contribution >= 4 is 23.0 Å². The molecule has 0 fully saturated rings. The van der Waals surface area contributed by atoms with Crippen LogP contribution in [0.3, 0.4) is 0 Å². The molecule has 0 radical (unpaired) electrons. The van der Waals surface area contributed by atoms with E-state index >= 15 is 0 Å². The zero-order chi connectivity index (χ0) is 10.6. The molecule has 0 saturated heterocycles. The monoisotopic (exact) mass is 209 g/mol. The second-order valence-corrected chi connectivity index (χ2v) is 3.48. The van der Waals surface area contributed by atoms with E-state index in [-0.39, 0.29) is 5.11 Å². The van der Waals surface area contributed by atoms with Gasteiger partial charge in [-0.2, -0.15) is 0 Å². The van der Waals surface area contributed by atoms with Gasteiger partial charge in [0, 0.05) is 12.2 Å². The summed E-state index contributed by atoms with van der Waals surface area (Å²) >= 11 is 4.80. The van der Waals surface area contributed by atoms with Crippen molar-refractivity contribution in [2.24, 2.45) is 11.5 Å². The first kappa shape index (κ1) is 10.9. The topological polar surface area (TPSA) is 64.1 Å². The molecule has 0 atom stereocenters. The third-order valence-electron chi connectivity index (χ3n) is 2.05. The molecule has 0 aliphatic carbocycles. The van der Waals surface area contributed by atoms with Crippen molar-refractivity contribution in [3.8, 4) is 0 Å². The first-order chi connectivity index (χ1) is 6.67. The van der Waals surface area contributed by atoms with Crippen molar-refractivity contribution in [2.45, 2.75) is 19.9 Å². The summed E-state index contributed by atoms with van der Waals surface area (Å²) in [5.41, 5.74) is 14.2. The number of hydrogen-bond acceptors (Lipinski definition) is 2. The molecule has 4 heteroatoms. The molecule has 5 N–H and O–H groups in total. The fourth-order valence-corrected chi connectivity index (χ4v) is 1.42. The Labute approximate surface area is 89.5 Å². The van der Waals surface area contributed by atoms with Gasteiger partial charge in [-0.3, -0.25) is 0 Å². The minimum Gasteiger partial charge on any atom is -0.376 e. The molecule has 1 aromatic carbocycles. The predicted octanol–water partition coefficient (Wildman–Crippen LogP) is 1.36. The van der Waals surface area contributed by atoms with E-state index in [0.717, 1.165) is 17.7 Å². The van der Waals surface area contributed by atoms with Crippen LogP contribution in [0.5, 0.6) is 0 Å². The molecular weight excluding hydrogens is 194 g/mol. The van der Waals surface area contributed by atoms with E-state index in [2.05, 4.69) is 12.2 Å². The summed E-state index contributed by atoms with van der Waals surface area (Å²) in [4.78, 5) is 0. The van der Waals surface area contributed by atoms with Crippen molar-refractivity contribution in [2.75, 3.05) is 5.32 Å². The maximum atomic E-state index is 5.55. The van der Waals surface area contributed by atoms with Gasteiger partial charge in [-0.1, -0.05) is 19.1 Å². The van der Waals surface area contributed by atoms with E-state index in [1.807, 2.05) is 18.2 Å². The molecule has 1 rings (SSSR count). The summed E-state index contributed by atoms with van der Waals surface area (Å²) in [6.07, 6.45) is 0.940. The van der Waals surface area contributed by atoms with Crippen molar-refractivity contribution in [1.29, 1.82) is 0 Å². The standard InChI is InChI=1S/C10H15N3S/c1-2-8-4-3-7(6-11)5-9(8)13-10(12)14/h3-5H,2,6,11H2,1H3,(H3,12,13,14). The first-order valence-electron chi connectivity index (χ1n) is 4.55. The molecule has 0 amide bonds. The molecule has 76 valence electrons. The quantitative estimate of drug-likeness (QED) is 0.658. The summed E-state index contributed by atoms with van der Waals surface area (Å²) < 4.78 is 0. The maximum Gasteiger partial charge on any atom is 0.168 e. The van der Waals surface area contributed by atoms with Gasteiger partial charge >= 0.3 is 0 Å². The number of nitrogens with two attached hydrogens (primary N) is 2. The van der Waals surface area contributed by atoms with E-state index in [1.54, 1.807) is 0 Å². The minimum absolute atomic E-state index is 0.286. The zero-order valence-corrected chi connectivity index (χ0v) is 9.03. The highest BCUT2D eigenvalue weighted by Gasteiger charge is 2.02. The molecule has 0 spiro atoms. The van der Waals surface area contributed by atoms with E-state index in [1.165, 1.54) is 5.56 Å². The summed E-state index contributed by atoms with van der Waals surface area (Å²) in [7, 11) is 0. The summed E-state index contributed by atoms with van der Waals surface area (Å²) in [5.74, 6) is 0. The summed E-state index contributed by atoms with van der Waals surface area (Å²) in [5, 5.41) is 3.24. The Hall–Kier alpha value is -1.13. The van der Waals surface area contributed by atoms with Crippen LogP contribution in [0.15, 0.2) is 18.2 Å². The van der Waals surface area contributed by atoms with Gasteiger partial charge in [-0.15, -0.1) is 0 Å². The number of rotatable bonds is 3. The number of nitrogens with one attached hydrogen (secondary N) is 1. The lowest BCUT2D eigenvalue weighted by Gasteiger charge is -2.10. The van der Waals surface area contributed by atoms with Crippen LogP contribution in [-0.2, 0) is 13.0 Å². The van der Waals surface area contributed by atoms with Crippen LogP contribution in [0.4, 0.5) is 5.69 Å². The van der Waals surface area contributed by atoms with Crippen LogP contribution in [-0.4, -0.2) is 5.11 Å². The van der Waals surface area contributed by atoms with Gasteiger partial charge in [0.1, 0.15) is 0 Å². The molecule has 0 aliphatic heterocycles. The molecule has 0 heterocycles. The molecule has 3 nitrogen and oxygen atoms in total. The van der Waals surface area contributed by atoms with Gasteiger partial charge in [0.25, 0.3) is 0 Å². The molecule has 0 saturated carbocycles. The van der Waals surface area contributed by atoms with Crippen LogP contribution in [0.25, 0.3) is 0 Å². The Bertz CT molecular complexity index is 336. The van der Waals surface area contributed by atoms with E-state index in [0.29, 0.717) is 6.54 Å². The fraction of sp³-hybridized carbons (Fsp3) is 0.300. The van der Waals surface area contributed by atoms with Gasteiger partial charge < -0.3 is 16.8 Å². The highest BCUT2D eigenvalue weighted by Crippen LogP contribution is 2.18. The average molecular weight is 209 g/mol. The number of aryl methyl sites for hydroxylation is 1. The van der Waals surface area contributed by atoms with Gasteiger partial charge in [0.05, 0.1) is 0 Å². The zero-order valence-electron chi connectivity index (χ0n) is 8.21. The number of thiocarbonyl (C=S) groups is 1. The highest BCUT2D eigenvalue weighted by atomic mass is 32.1. The number of benzene rings is 1. The van der Waals surface area contributed by atoms with Crippen molar-refractivity contribution < 1.29 is 0 Å². The van der Waals surface area contributed by atoms with Gasteiger partial charge in [-0.25, -0.2) is 0 Å². The Morgan fingerprint density at radius 2 is 2.21 bits per heavy atom. The van der Waals surface area contributed by atoms with Crippen molar-refractivity contribution in [3.63, 3.8) is 0 Å². The lowest BCUT2D eigenvalue weighted by Crippen LogP contribution is -2.20. The lowest BCUT2D eigenvalue weighted by molar-refractivity contribution is 1.06. The molecular formula is C10H15N3S. The van der Waals surface area contributed by atoms with Gasteiger partial charge in [0.2, 0.25) is 0 Å². The minimum atomic E-state index is 0.286. The second kappa shape index (κ2) is 4.93. The molecule has 0 aromatic heterocycles. The third kappa shape index (κ3) is 2.68. The first-order valence-corrected chi connectivity index (χ1v) is 4.96. The van der Waals surface area contributed by atoms with Crippen molar-refractivity contribution in [1.82, 2.24) is 0 Å². The van der Waals surface area contributed by atoms with Crippen LogP contribution in [0, 0.1) is 0 Å². The number of anilines is 1. The van der Waals surface area contributed by atoms with E-state index < -0.39 is 0 Å². The van der Waals surface area contributed by atoms with Crippen molar-refractivity contribution in [3.05, 3.63) is 29.3 Å². The van der Waals surface area contributed by atoms with Gasteiger partial charge in [-0.05, 0) is 35.8 Å². The summed E-state index contributed by atoms with van der Waals surface area (Å²) in [6, 6.07) is 6.05. The Morgan fingerprint density at radius 1 is 1.50 bits per heavy atom. The SMILES string of the molecule is CCc1ccc(CN)cc1NC(N)=S. The summed E-state index contributed by atoms with van der Waals surface area (Å²) in [6.45, 7) is 2.61. The molecule has 0 unspecified atom stereocenters. The Balaban J connectivity index is 3.01. The van der Waals surface area contributed by atoms with Crippen LogP contribution in [0.2, 0.25) is 0 Å². The lowest BCUT2D eigenvalue weighted by atomic mass is 10.1. The smallest absolute Gasteiger partial charge is 0.168 e. The Kier molecular flexibility index (Phi) is 3.85. The van der Waals surface area contributed by atoms with Crippen LogP contribution >= 0.6 is 12.2 Å². The normalized spacial score (nSPS) is 9.86. The van der Waals surface area contributed by atoms with E-state index in [9.17, 15) is 0 Å². The highest BCUT2D eigenvalue weighted by molar-refractivity contribution is 7.80. The largest absolute Gasteiger partial charge is 0.376 e. The maximum absolute atomic E-state index is 5.55. The molecule has 1 aromatic rings. The Morgan fingerprint density at radius 3 is 2.71 bits per heavy atom. The molecule has 0 aliphatic rings. The average Bonchev–Trinajstić information content (AvgIpc) is 2.16.